The maximum absolute atomic E-state index is 5.59. The van der Waals surface area contributed by atoms with Crippen LogP contribution in [0.25, 0.3) is 0 Å². The van der Waals surface area contributed by atoms with Crippen LogP contribution in [-0.2, 0) is 4.74 Å². The lowest BCUT2D eigenvalue weighted by Gasteiger charge is -2.14. The average molecular weight is 158 g/mol. The van der Waals surface area contributed by atoms with Gasteiger partial charge in [-0.25, -0.2) is 0 Å². The first-order valence-corrected chi connectivity index (χ1v) is 4.78. The van der Waals surface area contributed by atoms with E-state index in [-0.39, 0.29) is 0 Å². The zero-order valence-electron chi connectivity index (χ0n) is 8.39. The van der Waals surface area contributed by atoms with Gasteiger partial charge in [0.15, 0.2) is 0 Å². The van der Waals surface area contributed by atoms with Crippen LogP contribution in [0.1, 0.15) is 47.0 Å². The minimum atomic E-state index is 0.446. The summed E-state index contributed by atoms with van der Waals surface area (Å²) >= 11 is 0. The third-order valence-corrected chi connectivity index (χ3v) is 1.70. The van der Waals surface area contributed by atoms with Crippen molar-refractivity contribution in [3.8, 4) is 0 Å². The van der Waals surface area contributed by atoms with Crippen molar-refractivity contribution in [2.45, 2.75) is 53.1 Å². The molecule has 0 N–H and O–H groups in total. The summed E-state index contributed by atoms with van der Waals surface area (Å²) in [6.07, 6.45) is 4.06. The van der Waals surface area contributed by atoms with Crippen LogP contribution in [0.2, 0.25) is 0 Å². The van der Waals surface area contributed by atoms with Crippen molar-refractivity contribution in [3.05, 3.63) is 0 Å². The standard InChI is InChI=1S/C10H22O/c1-5-6-7-11-10(4)8-9(2)3/h9-10H,5-8H2,1-4H3. The average Bonchev–Trinajstić information content (AvgIpc) is 1.86. The van der Waals surface area contributed by atoms with E-state index in [0.29, 0.717) is 6.10 Å². The molecule has 0 saturated carbocycles. The van der Waals surface area contributed by atoms with E-state index < -0.39 is 0 Å². The zero-order chi connectivity index (χ0) is 8.69. The van der Waals surface area contributed by atoms with Gasteiger partial charge in [-0.1, -0.05) is 27.2 Å². The molecule has 0 heterocycles. The minimum Gasteiger partial charge on any atom is -0.379 e. The summed E-state index contributed by atoms with van der Waals surface area (Å²) in [6, 6.07) is 0. The van der Waals surface area contributed by atoms with E-state index in [1.165, 1.54) is 19.3 Å². The van der Waals surface area contributed by atoms with Gasteiger partial charge in [-0.2, -0.15) is 0 Å². The third kappa shape index (κ3) is 7.86. The smallest absolute Gasteiger partial charge is 0.0549 e. The molecule has 0 aliphatic carbocycles. The van der Waals surface area contributed by atoms with Gasteiger partial charge in [0.2, 0.25) is 0 Å². The van der Waals surface area contributed by atoms with Gasteiger partial charge in [0.05, 0.1) is 6.10 Å². The van der Waals surface area contributed by atoms with E-state index in [4.69, 9.17) is 4.74 Å². The molecule has 0 aromatic carbocycles. The molecule has 0 bridgehead atoms. The quantitative estimate of drug-likeness (QED) is 0.539. The molecule has 1 heteroatoms. The van der Waals surface area contributed by atoms with Gasteiger partial charge in [-0.15, -0.1) is 0 Å². The first kappa shape index (κ1) is 11.0. The Balaban J connectivity index is 3.15. The van der Waals surface area contributed by atoms with E-state index in [1.54, 1.807) is 0 Å². The molecule has 0 fully saturated rings. The van der Waals surface area contributed by atoms with Crippen LogP contribution in [0.5, 0.6) is 0 Å². The summed E-state index contributed by atoms with van der Waals surface area (Å²) in [5.74, 6) is 0.756. The molecule has 0 spiro atoms. The molecule has 0 saturated heterocycles. The summed E-state index contributed by atoms with van der Waals surface area (Å²) in [4.78, 5) is 0. The molecule has 0 amide bonds. The molecule has 0 radical (unpaired) electrons. The van der Waals surface area contributed by atoms with Crippen molar-refractivity contribution >= 4 is 0 Å². The Kier molecular flexibility index (Phi) is 6.63. The minimum absolute atomic E-state index is 0.446. The predicted molar refractivity (Wildman–Crippen MR) is 49.8 cm³/mol. The molecular formula is C10H22O. The summed E-state index contributed by atoms with van der Waals surface area (Å²) in [6.45, 7) is 9.76. The number of ether oxygens (including phenoxy) is 1. The molecule has 1 atom stereocenters. The molecule has 0 aliphatic heterocycles. The van der Waals surface area contributed by atoms with E-state index in [9.17, 15) is 0 Å². The van der Waals surface area contributed by atoms with Gasteiger partial charge < -0.3 is 4.74 Å². The molecule has 11 heavy (non-hydrogen) atoms. The Morgan fingerprint density at radius 2 is 1.82 bits per heavy atom. The number of hydrogen-bond acceptors (Lipinski definition) is 1. The number of rotatable bonds is 6. The molecule has 0 aliphatic rings. The molecule has 0 rings (SSSR count). The van der Waals surface area contributed by atoms with Crippen LogP contribution in [-0.4, -0.2) is 12.7 Å². The second-order valence-electron chi connectivity index (χ2n) is 3.66. The number of hydrogen-bond donors (Lipinski definition) is 0. The van der Waals surface area contributed by atoms with Crippen LogP contribution in [0.15, 0.2) is 0 Å². The van der Waals surface area contributed by atoms with Gasteiger partial charge in [0.25, 0.3) is 0 Å². The van der Waals surface area contributed by atoms with Crippen molar-refractivity contribution in [3.63, 3.8) is 0 Å². The molecule has 1 unspecified atom stereocenters. The zero-order valence-corrected chi connectivity index (χ0v) is 8.39. The second-order valence-corrected chi connectivity index (χ2v) is 3.66. The first-order valence-electron chi connectivity index (χ1n) is 4.78. The van der Waals surface area contributed by atoms with Crippen molar-refractivity contribution in [1.29, 1.82) is 0 Å². The van der Waals surface area contributed by atoms with Crippen LogP contribution in [0.4, 0.5) is 0 Å². The Morgan fingerprint density at radius 1 is 1.18 bits per heavy atom. The highest BCUT2D eigenvalue weighted by Crippen LogP contribution is 2.07. The fourth-order valence-corrected chi connectivity index (χ4v) is 1.16. The molecule has 68 valence electrons. The van der Waals surface area contributed by atoms with E-state index >= 15 is 0 Å². The first-order chi connectivity index (χ1) is 5.16. The lowest BCUT2D eigenvalue weighted by atomic mass is 10.1. The van der Waals surface area contributed by atoms with Gasteiger partial charge in [0.1, 0.15) is 0 Å². The Bertz CT molecular complexity index is 78.9. The van der Waals surface area contributed by atoms with Crippen molar-refractivity contribution in [2.24, 2.45) is 5.92 Å². The van der Waals surface area contributed by atoms with Gasteiger partial charge >= 0.3 is 0 Å². The fourth-order valence-electron chi connectivity index (χ4n) is 1.16. The van der Waals surface area contributed by atoms with Gasteiger partial charge in [-0.3, -0.25) is 0 Å². The SMILES string of the molecule is CCCCOC(C)CC(C)C. The largest absolute Gasteiger partial charge is 0.379 e. The summed E-state index contributed by atoms with van der Waals surface area (Å²) in [5, 5.41) is 0. The van der Waals surface area contributed by atoms with Crippen LogP contribution >= 0.6 is 0 Å². The lowest BCUT2D eigenvalue weighted by Crippen LogP contribution is -2.11. The Labute approximate surface area is 71.1 Å². The molecule has 0 aromatic heterocycles. The van der Waals surface area contributed by atoms with Crippen molar-refractivity contribution < 1.29 is 4.74 Å². The highest BCUT2D eigenvalue weighted by atomic mass is 16.5. The van der Waals surface area contributed by atoms with Gasteiger partial charge in [0, 0.05) is 6.61 Å². The normalized spacial score (nSPS) is 13.9. The maximum Gasteiger partial charge on any atom is 0.0549 e. The van der Waals surface area contributed by atoms with E-state index in [2.05, 4.69) is 27.7 Å². The maximum atomic E-state index is 5.59. The Hall–Kier alpha value is -0.0400. The highest BCUT2D eigenvalue weighted by Gasteiger charge is 2.03. The molecular weight excluding hydrogens is 136 g/mol. The molecule has 0 aromatic rings. The summed E-state index contributed by atoms with van der Waals surface area (Å²) < 4.78 is 5.59. The fraction of sp³-hybridized carbons (Fsp3) is 1.00. The van der Waals surface area contributed by atoms with Crippen LogP contribution in [0, 0.1) is 5.92 Å². The Morgan fingerprint density at radius 3 is 2.27 bits per heavy atom. The summed E-state index contributed by atoms with van der Waals surface area (Å²) in [5.41, 5.74) is 0. The van der Waals surface area contributed by atoms with E-state index in [0.717, 1.165) is 12.5 Å². The van der Waals surface area contributed by atoms with Crippen molar-refractivity contribution in [2.75, 3.05) is 6.61 Å². The molecule has 1 nitrogen and oxygen atoms in total. The third-order valence-electron chi connectivity index (χ3n) is 1.70. The van der Waals surface area contributed by atoms with Gasteiger partial charge in [-0.05, 0) is 25.7 Å². The van der Waals surface area contributed by atoms with Crippen LogP contribution in [0.3, 0.4) is 0 Å². The topological polar surface area (TPSA) is 9.23 Å². The second kappa shape index (κ2) is 6.66. The predicted octanol–water partition coefficient (Wildman–Crippen LogP) is 3.24. The van der Waals surface area contributed by atoms with Crippen molar-refractivity contribution in [1.82, 2.24) is 0 Å². The summed E-state index contributed by atoms with van der Waals surface area (Å²) in [7, 11) is 0. The lowest BCUT2D eigenvalue weighted by molar-refractivity contribution is 0.0502. The highest BCUT2D eigenvalue weighted by molar-refractivity contribution is 4.53. The monoisotopic (exact) mass is 158 g/mol. The number of unbranched alkanes of at least 4 members (excludes halogenated alkanes) is 1. The van der Waals surface area contributed by atoms with E-state index in [1.807, 2.05) is 0 Å². The van der Waals surface area contributed by atoms with Crippen LogP contribution < -0.4 is 0 Å².